The van der Waals surface area contributed by atoms with Crippen LogP contribution in [0, 0.1) is 6.92 Å². The van der Waals surface area contributed by atoms with E-state index in [1.807, 2.05) is 12.1 Å². The van der Waals surface area contributed by atoms with E-state index in [4.69, 9.17) is 0 Å². The van der Waals surface area contributed by atoms with Gasteiger partial charge in [0.25, 0.3) is 0 Å². The monoisotopic (exact) mass is 330 g/mol. The van der Waals surface area contributed by atoms with Crippen molar-refractivity contribution >= 4 is 22.6 Å². The summed E-state index contributed by atoms with van der Waals surface area (Å²) in [6.07, 6.45) is 5.69. The highest BCUT2D eigenvalue weighted by atomic mass is 127. The Morgan fingerprint density at radius 3 is 2.75 bits per heavy atom. The first-order chi connectivity index (χ1) is 7.64. The molecule has 1 aromatic carbocycles. The second-order valence-electron chi connectivity index (χ2n) is 4.81. The fourth-order valence-electron chi connectivity index (χ4n) is 2.65. The molecule has 0 radical (unpaired) electrons. The van der Waals surface area contributed by atoms with Gasteiger partial charge in [0.2, 0.25) is 0 Å². The maximum atomic E-state index is 11.0. The Morgan fingerprint density at radius 1 is 1.25 bits per heavy atom. The summed E-state index contributed by atoms with van der Waals surface area (Å²) in [6, 6.07) is 8.27. The second kappa shape index (κ2) is 5.05. The number of aliphatic hydroxyl groups is 1. The van der Waals surface area contributed by atoms with E-state index in [9.17, 15) is 5.11 Å². The van der Waals surface area contributed by atoms with Crippen LogP contribution < -0.4 is 0 Å². The van der Waals surface area contributed by atoms with E-state index in [2.05, 4.69) is 41.6 Å². The van der Waals surface area contributed by atoms with E-state index >= 15 is 0 Å². The number of rotatable bonds is 1. The Morgan fingerprint density at radius 2 is 2.00 bits per heavy atom. The van der Waals surface area contributed by atoms with Crippen molar-refractivity contribution < 1.29 is 5.11 Å². The summed E-state index contributed by atoms with van der Waals surface area (Å²) in [4.78, 5) is 0. The summed E-state index contributed by atoms with van der Waals surface area (Å²) in [6.45, 7) is 2.10. The minimum Gasteiger partial charge on any atom is -0.384 e. The third-order valence-electron chi connectivity index (χ3n) is 3.65. The summed E-state index contributed by atoms with van der Waals surface area (Å²) in [5, 5.41) is 11.0. The lowest BCUT2D eigenvalue weighted by Crippen LogP contribution is -2.35. The lowest BCUT2D eigenvalue weighted by atomic mass is 9.84. The van der Waals surface area contributed by atoms with Crippen LogP contribution in [-0.4, -0.2) is 9.03 Å². The zero-order valence-electron chi connectivity index (χ0n) is 9.75. The molecule has 0 bridgehead atoms. The first kappa shape index (κ1) is 12.4. The quantitative estimate of drug-likeness (QED) is 0.470. The van der Waals surface area contributed by atoms with Gasteiger partial charge < -0.3 is 5.11 Å². The Balaban J connectivity index is 2.39. The fourth-order valence-corrected chi connectivity index (χ4v) is 3.74. The van der Waals surface area contributed by atoms with Crippen LogP contribution in [0.2, 0.25) is 0 Å². The van der Waals surface area contributed by atoms with Gasteiger partial charge in [0.1, 0.15) is 5.60 Å². The predicted octanol–water partition coefficient (Wildman–Crippen LogP) is 3.95. The van der Waals surface area contributed by atoms with Crippen molar-refractivity contribution in [2.75, 3.05) is 0 Å². The van der Waals surface area contributed by atoms with Gasteiger partial charge in [-0.2, -0.15) is 0 Å². The van der Waals surface area contributed by atoms with Crippen molar-refractivity contribution in [3.63, 3.8) is 0 Å². The molecular formula is C14H19IO. The predicted molar refractivity (Wildman–Crippen MR) is 76.0 cm³/mol. The molecule has 2 heteroatoms. The summed E-state index contributed by atoms with van der Waals surface area (Å²) < 4.78 is 0.341. The molecule has 1 aliphatic carbocycles. The summed E-state index contributed by atoms with van der Waals surface area (Å²) >= 11 is 2.43. The van der Waals surface area contributed by atoms with Crippen LogP contribution in [0.5, 0.6) is 0 Å². The largest absolute Gasteiger partial charge is 0.384 e. The second-order valence-corrected chi connectivity index (χ2v) is 6.31. The first-order valence-electron chi connectivity index (χ1n) is 6.07. The molecule has 2 atom stereocenters. The Labute approximate surface area is 111 Å². The van der Waals surface area contributed by atoms with E-state index in [1.165, 1.54) is 18.4 Å². The molecule has 0 aromatic heterocycles. The van der Waals surface area contributed by atoms with Gasteiger partial charge in [-0.05, 0) is 30.9 Å². The molecule has 88 valence electrons. The van der Waals surface area contributed by atoms with Crippen molar-refractivity contribution in [2.24, 2.45) is 0 Å². The Bertz CT molecular complexity index is 364. The van der Waals surface area contributed by atoms with Gasteiger partial charge in [0, 0.05) is 3.92 Å². The van der Waals surface area contributed by atoms with E-state index in [-0.39, 0.29) is 0 Å². The molecular weight excluding hydrogens is 311 g/mol. The molecule has 0 saturated heterocycles. The molecule has 1 fully saturated rings. The average molecular weight is 330 g/mol. The van der Waals surface area contributed by atoms with E-state index in [1.54, 1.807) is 0 Å². The lowest BCUT2D eigenvalue weighted by molar-refractivity contribution is 0.0309. The molecule has 0 spiro atoms. The highest BCUT2D eigenvalue weighted by Gasteiger charge is 2.38. The Hall–Kier alpha value is -0.0900. The molecule has 1 saturated carbocycles. The van der Waals surface area contributed by atoms with Crippen LogP contribution in [0.15, 0.2) is 24.3 Å². The van der Waals surface area contributed by atoms with Gasteiger partial charge in [-0.3, -0.25) is 0 Å². The highest BCUT2D eigenvalue weighted by Crippen LogP contribution is 2.41. The smallest absolute Gasteiger partial charge is 0.102 e. The van der Waals surface area contributed by atoms with Gasteiger partial charge in [-0.25, -0.2) is 0 Å². The maximum Gasteiger partial charge on any atom is 0.102 e. The highest BCUT2D eigenvalue weighted by molar-refractivity contribution is 14.1. The van der Waals surface area contributed by atoms with E-state index < -0.39 is 5.60 Å². The first-order valence-corrected chi connectivity index (χ1v) is 7.32. The summed E-state index contributed by atoms with van der Waals surface area (Å²) in [5.41, 5.74) is 1.74. The van der Waals surface area contributed by atoms with Gasteiger partial charge >= 0.3 is 0 Å². The number of halogens is 1. The van der Waals surface area contributed by atoms with Crippen molar-refractivity contribution in [3.05, 3.63) is 35.4 Å². The number of hydrogen-bond acceptors (Lipinski definition) is 1. The van der Waals surface area contributed by atoms with Crippen molar-refractivity contribution in [3.8, 4) is 0 Å². The fraction of sp³-hybridized carbons (Fsp3) is 0.571. The zero-order valence-corrected chi connectivity index (χ0v) is 11.9. The molecule has 2 rings (SSSR count). The van der Waals surface area contributed by atoms with Crippen molar-refractivity contribution in [1.29, 1.82) is 0 Å². The molecule has 1 aliphatic rings. The number of alkyl halides is 1. The normalized spacial score (nSPS) is 31.1. The average Bonchev–Trinajstić information content (AvgIpc) is 2.43. The van der Waals surface area contributed by atoms with Crippen LogP contribution in [0.1, 0.15) is 43.2 Å². The molecule has 1 nitrogen and oxygen atoms in total. The summed E-state index contributed by atoms with van der Waals surface area (Å²) in [7, 11) is 0. The van der Waals surface area contributed by atoms with Gasteiger partial charge in [-0.15, -0.1) is 0 Å². The molecule has 16 heavy (non-hydrogen) atoms. The molecule has 1 N–H and O–H groups in total. The van der Waals surface area contributed by atoms with E-state index in [0.29, 0.717) is 3.92 Å². The molecule has 0 heterocycles. The standard InChI is InChI=1S/C14H19IO/c1-11-7-4-5-8-12(11)14(16)10-6-2-3-9-13(14)15/h4-5,7-8,13,16H,2-3,6,9-10H2,1H3. The lowest BCUT2D eigenvalue weighted by Gasteiger charge is -2.33. The number of aryl methyl sites for hydroxylation is 1. The van der Waals surface area contributed by atoms with Crippen LogP contribution >= 0.6 is 22.6 Å². The van der Waals surface area contributed by atoms with Crippen LogP contribution in [-0.2, 0) is 5.60 Å². The van der Waals surface area contributed by atoms with E-state index in [0.717, 1.165) is 24.8 Å². The topological polar surface area (TPSA) is 20.2 Å². The Kier molecular flexibility index (Phi) is 3.90. The zero-order chi connectivity index (χ0) is 11.6. The van der Waals surface area contributed by atoms with Crippen LogP contribution in [0.4, 0.5) is 0 Å². The SMILES string of the molecule is Cc1ccccc1C1(O)CCCCCC1I. The molecule has 0 aliphatic heterocycles. The van der Waals surface area contributed by atoms with Crippen LogP contribution in [0.3, 0.4) is 0 Å². The van der Waals surface area contributed by atoms with Gasteiger partial charge in [0.05, 0.1) is 0 Å². The minimum atomic E-state index is -0.609. The van der Waals surface area contributed by atoms with Gasteiger partial charge in [-0.1, -0.05) is 66.1 Å². The minimum absolute atomic E-state index is 0.341. The number of hydrogen-bond donors (Lipinski definition) is 1. The van der Waals surface area contributed by atoms with Crippen LogP contribution in [0.25, 0.3) is 0 Å². The van der Waals surface area contributed by atoms with Crippen molar-refractivity contribution in [2.45, 2.75) is 48.6 Å². The molecule has 0 amide bonds. The molecule has 2 unspecified atom stereocenters. The third-order valence-corrected chi connectivity index (χ3v) is 5.30. The maximum absolute atomic E-state index is 11.0. The summed E-state index contributed by atoms with van der Waals surface area (Å²) in [5.74, 6) is 0. The third kappa shape index (κ3) is 2.28. The van der Waals surface area contributed by atoms with Crippen molar-refractivity contribution in [1.82, 2.24) is 0 Å². The van der Waals surface area contributed by atoms with Gasteiger partial charge in [0.15, 0.2) is 0 Å². The molecule has 1 aromatic rings. The number of benzene rings is 1.